The summed E-state index contributed by atoms with van der Waals surface area (Å²) in [6, 6.07) is 12.0. The minimum Gasteiger partial charge on any atom is -0.454 e. The zero-order valence-corrected chi connectivity index (χ0v) is 16.0. The molecule has 26 heavy (non-hydrogen) atoms. The van der Waals surface area contributed by atoms with Gasteiger partial charge in [-0.2, -0.15) is 0 Å². The SMILES string of the molecule is C[C@@H](OC(=O)CSc1cc(Cl)ccc1Cl)c1nc2ccccc2c(=O)[nH]1. The van der Waals surface area contributed by atoms with Gasteiger partial charge in [0.1, 0.15) is 0 Å². The Bertz CT molecular complexity index is 1020. The van der Waals surface area contributed by atoms with E-state index >= 15 is 0 Å². The largest absolute Gasteiger partial charge is 0.454 e. The van der Waals surface area contributed by atoms with E-state index in [1.165, 1.54) is 11.8 Å². The molecule has 0 unspecified atom stereocenters. The van der Waals surface area contributed by atoms with Crippen LogP contribution in [0.4, 0.5) is 0 Å². The summed E-state index contributed by atoms with van der Waals surface area (Å²) in [5.41, 5.74) is 0.280. The first-order valence-electron chi connectivity index (χ1n) is 7.70. The fourth-order valence-electron chi connectivity index (χ4n) is 2.31. The van der Waals surface area contributed by atoms with Crippen LogP contribution in [0.3, 0.4) is 0 Å². The average molecular weight is 409 g/mol. The Morgan fingerprint density at radius 1 is 1.27 bits per heavy atom. The Kier molecular flexibility index (Phi) is 5.86. The smallest absolute Gasteiger partial charge is 0.316 e. The summed E-state index contributed by atoms with van der Waals surface area (Å²) in [7, 11) is 0. The molecule has 0 aliphatic rings. The number of halogens is 2. The lowest BCUT2D eigenvalue weighted by Gasteiger charge is -2.13. The van der Waals surface area contributed by atoms with Crippen molar-refractivity contribution in [2.75, 3.05) is 5.75 Å². The van der Waals surface area contributed by atoms with Crippen molar-refractivity contribution in [2.45, 2.75) is 17.9 Å². The number of benzene rings is 2. The Labute approximate surface area is 163 Å². The normalized spacial score (nSPS) is 12.1. The summed E-state index contributed by atoms with van der Waals surface area (Å²) in [5, 5.41) is 1.54. The first kappa shape index (κ1) is 18.8. The van der Waals surface area contributed by atoms with Gasteiger partial charge in [-0.15, -0.1) is 11.8 Å². The molecule has 5 nitrogen and oxygen atoms in total. The van der Waals surface area contributed by atoms with E-state index in [1.54, 1.807) is 49.4 Å². The Balaban J connectivity index is 1.67. The summed E-state index contributed by atoms with van der Waals surface area (Å²) < 4.78 is 5.36. The molecule has 3 aromatic rings. The van der Waals surface area contributed by atoms with E-state index in [0.717, 1.165) is 0 Å². The van der Waals surface area contributed by atoms with Gasteiger partial charge in [0.05, 0.1) is 21.7 Å². The molecule has 134 valence electrons. The first-order valence-corrected chi connectivity index (χ1v) is 9.44. The number of carbonyl (C=O) groups excluding carboxylic acids is 1. The number of aromatic amines is 1. The van der Waals surface area contributed by atoms with E-state index in [-0.39, 0.29) is 11.3 Å². The number of aromatic nitrogens is 2. The van der Waals surface area contributed by atoms with Crippen molar-refractivity contribution >= 4 is 51.8 Å². The molecule has 0 saturated carbocycles. The molecule has 0 aliphatic carbocycles. The topological polar surface area (TPSA) is 72.0 Å². The lowest BCUT2D eigenvalue weighted by atomic mass is 10.2. The van der Waals surface area contributed by atoms with Gasteiger partial charge in [-0.3, -0.25) is 9.59 Å². The summed E-state index contributed by atoms with van der Waals surface area (Å²) in [5.74, 6) is -0.0930. The van der Waals surface area contributed by atoms with Crippen LogP contribution in [-0.4, -0.2) is 21.7 Å². The van der Waals surface area contributed by atoms with Crippen molar-refractivity contribution in [1.29, 1.82) is 0 Å². The molecule has 0 radical (unpaired) electrons. The lowest BCUT2D eigenvalue weighted by Crippen LogP contribution is -2.18. The standard InChI is InChI=1S/C18H14Cl2N2O3S/c1-10(17-21-14-5-3-2-4-12(14)18(24)22-17)25-16(23)9-26-15-8-11(19)6-7-13(15)20/h2-8,10H,9H2,1H3,(H,21,22,24)/t10-/m1/s1. The molecule has 8 heteroatoms. The second kappa shape index (κ2) is 8.12. The van der Waals surface area contributed by atoms with E-state index in [9.17, 15) is 9.59 Å². The number of esters is 1. The van der Waals surface area contributed by atoms with Crippen molar-refractivity contribution in [3.8, 4) is 0 Å². The molecule has 0 saturated heterocycles. The number of nitrogens with zero attached hydrogens (tertiary/aromatic N) is 1. The predicted octanol–water partition coefficient (Wildman–Crippen LogP) is 4.63. The maximum Gasteiger partial charge on any atom is 0.316 e. The Hall–Kier alpha value is -2.02. The molecule has 0 aliphatic heterocycles. The summed E-state index contributed by atoms with van der Waals surface area (Å²) in [6.45, 7) is 1.65. The van der Waals surface area contributed by atoms with E-state index in [4.69, 9.17) is 27.9 Å². The van der Waals surface area contributed by atoms with Crippen LogP contribution in [0.2, 0.25) is 10.0 Å². The lowest BCUT2D eigenvalue weighted by molar-refractivity contribution is -0.145. The quantitative estimate of drug-likeness (QED) is 0.492. The van der Waals surface area contributed by atoms with Crippen LogP contribution in [0.5, 0.6) is 0 Å². The number of H-pyrrole nitrogens is 1. The third-order valence-corrected chi connectivity index (χ3v) is 5.27. The van der Waals surface area contributed by atoms with Crippen molar-refractivity contribution in [2.24, 2.45) is 0 Å². The van der Waals surface area contributed by atoms with Crippen molar-refractivity contribution in [3.05, 3.63) is 68.7 Å². The van der Waals surface area contributed by atoms with Crippen LogP contribution in [0.25, 0.3) is 10.9 Å². The molecule has 1 aromatic heterocycles. The molecular weight excluding hydrogens is 395 g/mol. The fourth-order valence-corrected chi connectivity index (χ4v) is 3.58. The van der Waals surface area contributed by atoms with Crippen LogP contribution >= 0.6 is 35.0 Å². The molecule has 0 amide bonds. The van der Waals surface area contributed by atoms with E-state index < -0.39 is 12.1 Å². The highest BCUT2D eigenvalue weighted by Crippen LogP contribution is 2.30. The molecule has 0 spiro atoms. The number of para-hydroxylation sites is 1. The third kappa shape index (κ3) is 4.38. The summed E-state index contributed by atoms with van der Waals surface area (Å²) in [4.78, 5) is 31.9. The highest BCUT2D eigenvalue weighted by Gasteiger charge is 2.16. The van der Waals surface area contributed by atoms with Crippen molar-refractivity contribution in [3.63, 3.8) is 0 Å². The van der Waals surface area contributed by atoms with Gasteiger partial charge >= 0.3 is 5.97 Å². The van der Waals surface area contributed by atoms with E-state index in [2.05, 4.69) is 9.97 Å². The van der Waals surface area contributed by atoms with Crippen LogP contribution in [0.1, 0.15) is 18.9 Å². The Morgan fingerprint density at radius 2 is 2.04 bits per heavy atom. The first-order chi connectivity index (χ1) is 12.4. The van der Waals surface area contributed by atoms with Crippen molar-refractivity contribution in [1.82, 2.24) is 9.97 Å². The van der Waals surface area contributed by atoms with Gasteiger partial charge in [-0.05, 0) is 37.3 Å². The number of hydrogen-bond acceptors (Lipinski definition) is 5. The number of ether oxygens (including phenoxy) is 1. The number of rotatable bonds is 5. The van der Waals surface area contributed by atoms with Crippen LogP contribution < -0.4 is 5.56 Å². The van der Waals surface area contributed by atoms with Crippen LogP contribution in [0, 0.1) is 0 Å². The molecular formula is C18H14Cl2N2O3S. The zero-order valence-electron chi connectivity index (χ0n) is 13.7. The minimum atomic E-state index is -0.685. The van der Waals surface area contributed by atoms with Gasteiger partial charge in [-0.25, -0.2) is 4.98 Å². The Morgan fingerprint density at radius 3 is 2.85 bits per heavy atom. The monoisotopic (exact) mass is 408 g/mol. The number of nitrogens with one attached hydrogen (secondary N) is 1. The van der Waals surface area contributed by atoms with Gasteiger partial charge in [0, 0.05) is 9.92 Å². The minimum absolute atomic E-state index is 0.0578. The molecule has 0 bridgehead atoms. The van der Waals surface area contributed by atoms with Gasteiger partial charge in [-0.1, -0.05) is 35.3 Å². The van der Waals surface area contributed by atoms with E-state index in [0.29, 0.717) is 31.7 Å². The molecule has 2 aromatic carbocycles. The van der Waals surface area contributed by atoms with Gasteiger partial charge in [0.2, 0.25) is 0 Å². The van der Waals surface area contributed by atoms with Crippen LogP contribution in [-0.2, 0) is 9.53 Å². The molecule has 0 fully saturated rings. The van der Waals surface area contributed by atoms with Crippen molar-refractivity contribution < 1.29 is 9.53 Å². The summed E-state index contributed by atoms with van der Waals surface area (Å²) in [6.07, 6.45) is -0.685. The number of thioether (sulfide) groups is 1. The number of hydrogen-bond donors (Lipinski definition) is 1. The molecule has 1 heterocycles. The average Bonchev–Trinajstić information content (AvgIpc) is 2.62. The fraction of sp³-hybridized carbons (Fsp3) is 0.167. The maximum absolute atomic E-state index is 12.1. The van der Waals surface area contributed by atoms with Crippen LogP contribution in [0.15, 0.2) is 52.2 Å². The van der Waals surface area contributed by atoms with E-state index in [1.807, 2.05) is 0 Å². The van der Waals surface area contributed by atoms with Gasteiger partial charge < -0.3 is 9.72 Å². The highest BCUT2D eigenvalue weighted by atomic mass is 35.5. The third-order valence-electron chi connectivity index (χ3n) is 3.56. The highest BCUT2D eigenvalue weighted by molar-refractivity contribution is 8.00. The maximum atomic E-state index is 12.1. The predicted molar refractivity (Wildman–Crippen MR) is 104 cm³/mol. The molecule has 1 atom stereocenters. The molecule has 3 rings (SSSR count). The second-order valence-corrected chi connectivity index (χ2v) is 7.32. The second-order valence-electron chi connectivity index (χ2n) is 5.46. The zero-order chi connectivity index (χ0) is 18.7. The van der Waals surface area contributed by atoms with Gasteiger partial charge in [0.25, 0.3) is 5.56 Å². The number of carbonyl (C=O) groups is 1. The van der Waals surface area contributed by atoms with Gasteiger partial charge in [0.15, 0.2) is 11.9 Å². The number of fused-ring (bicyclic) bond motifs is 1. The molecule has 1 N–H and O–H groups in total. The summed E-state index contributed by atoms with van der Waals surface area (Å²) >= 11 is 13.2.